The molecule has 0 heterocycles. The van der Waals surface area contributed by atoms with Crippen molar-refractivity contribution in [3.8, 4) is 0 Å². The molecule has 0 bridgehead atoms. The van der Waals surface area contributed by atoms with Gasteiger partial charge in [0.2, 0.25) is 0 Å². The summed E-state index contributed by atoms with van der Waals surface area (Å²) in [6, 6.07) is 0.786. The standard InChI is InChI=1S/C6H13N.2C3H9O4P/c7-6-4-2-1-3-5-6;2*1-3(2)7-8(4,5)6/h6H,1-5,7H2;2*3H,1-2H3,(H2,4,5,6). The van der Waals surface area contributed by atoms with Crippen LogP contribution in [0.1, 0.15) is 59.8 Å². The number of phosphoric ester groups is 2. The van der Waals surface area contributed by atoms with Gasteiger partial charge in [-0.15, -0.1) is 0 Å². The van der Waals surface area contributed by atoms with Crippen molar-refractivity contribution >= 4 is 15.6 Å². The van der Waals surface area contributed by atoms with Crippen molar-refractivity contribution in [3.05, 3.63) is 0 Å². The van der Waals surface area contributed by atoms with Crippen LogP contribution >= 0.6 is 15.6 Å². The van der Waals surface area contributed by atoms with E-state index in [1.165, 1.54) is 46.0 Å². The average Bonchev–Trinajstić information content (AvgIpc) is 2.24. The zero-order valence-electron chi connectivity index (χ0n) is 14.3. The molecule has 23 heavy (non-hydrogen) atoms. The predicted octanol–water partition coefficient (Wildman–Crippen LogP) is 0.937. The van der Waals surface area contributed by atoms with Gasteiger partial charge in [-0.1, -0.05) is 6.42 Å². The molecule has 0 aliphatic heterocycles. The molecular weight excluding hydrogens is 348 g/mol. The van der Waals surface area contributed by atoms with Gasteiger partial charge in [-0.25, -0.2) is 4.57 Å². The first-order valence-corrected chi connectivity index (χ1v) is 10.5. The van der Waals surface area contributed by atoms with Crippen LogP contribution in [0.3, 0.4) is 0 Å². The zero-order chi connectivity index (χ0) is 18.7. The number of hydrogen-bond acceptors (Lipinski definition) is 5. The predicted molar refractivity (Wildman–Crippen MR) is 84.1 cm³/mol. The summed E-state index contributed by atoms with van der Waals surface area (Å²) in [4.78, 5) is 33.9. The summed E-state index contributed by atoms with van der Waals surface area (Å²) in [5.41, 5.74) is 4.00. The summed E-state index contributed by atoms with van der Waals surface area (Å²) in [5.74, 6) is 0. The van der Waals surface area contributed by atoms with Crippen LogP contribution in [0.25, 0.3) is 0 Å². The van der Waals surface area contributed by atoms with E-state index in [0.29, 0.717) is 0 Å². The molecule has 6 N–H and O–H groups in total. The van der Waals surface area contributed by atoms with Crippen molar-refractivity contribution in [1.82, 2.24) is 0 Å². The van der Waals surface area contributed by atoms with Crippen molar-refractivity contribution in [2.75, 3.05) is 0 Å². The first kappa shape index (κ1) is 25.4. The molecule has 0 saturated heterocycles. The monoisotopic (exact) mass is 379 g/mol. The summed E-state index contributed by atoms with van der Waals surface area (Å²) in [6.07, 6.45) is 6.15. The molecule has 1 rings (SSSR count). The molecule has 0 aromatic carbocycles. The van der Waals surface area contributed by atoms with Crippen LogP contribution in [0.5, 0.6) is 0 Å². The highest BCUT2D eigenvalue weighted by atomic mass is 31.2. The summed E-state index contributed by atoms with van der Waals surface area (Å²) >= 11 is 0. The molecule has 11 heteroatoms. The van der Waals surface area contributed by atoms with Crippen LogP contribution in [-0.4, -0.2) is 32.9 Å². The van der Waals surface area contributed by atoms with Gasteiger partial charge in [-0.3, -0.25) is 9.09 Å². The lowest BCUT2D eigenvalue weighted by Crippen LogP contribution is -2.61. The average molecular weight is 379 g/mol. The molecule has 1 atom stereocenters. The lowest BCUT2D eigenvalue weighted by Gasteiger charge is -2.17. The van der Waals surface area contributed by atoms with Gasteiger partial charge in [0.1, 0.15) is 0 Å². The minimum absolute atomic E-state index is 0.421. The second kappa shape index (κ2) is 12.5. The summed E-state index contributed by atoms with van der Waals surface area (Å²) < 4.78 is 27.8. The van der Waals surface area contributed by atoms with E-state index in [1.54, 1.807) is 13.8 Å². The van der Waals surface area contributed by atoms with Crippen LogP contribution in [0, 0.1) is 0 Å². The van der Waals surface area contributed by atoms with Crippen LogP contribution in [0.15, 0.2) is 0 Å². The maximum Gasteiger partial charge on any atom is 0.469 e. The fourth-order valence-corrected chi connectivity index (χ4v) is 2.81. The van der Waals surface area contributed by atoms with E-state index in [-0.39, 0.29) is 0 Å². The molecule has 0 radical (unpaired) electrons. The number of phosphoric acid groups is 2. The highest BCUT2D eigenvalue weighted by Gasteiger charge is 2.14. The van der Waals surface area contributed by atoms with Crippen molar-refractivity contribution in [2.45, 2.75) is 78.0 Å². The highest BCUT2D eigenvalue weighted by Crippen LogP contribution is 2.37. The Morgan fingerprint density at radius 1 is 0.957 bits per heavy atom. The van der Waals surface area contributed by atoms with E-state index < -0.39 is 27.9 Å². The van der Waals surface area contributed by atoms with E-state index in [4.69, 9.17) is 14.7 Å². The van der Waals surface area contributed by atoms with Crippen molar-refractivity contribution in [3.63, 3.8) is 0 Å². The minimum Gasteiger partial charge on any atom is -0.756 e. The summed E-state index contributed by atoms with van der Waals surface area (Å²) in [7, 11) is -8.69. The Bertz CT molecular complexity index is 345. The fraction of sp³-hybridized carbons (Fsp3) is 1.00. The number of hydrogen-bond donors (Lipinski definition) is 4. The lowest BCUT2D eigenvalue weighted by molar-refractivity contribution is -0.425. The second-order valence-corrected chi connectivity index (χ2v) is 8.11. The molecule has 9 nitrogen and oxygen atoms in total. The van der Waals surface area contributed by atoms with Gasteiger partial charge < -0.3 is 29.8 Å². The van der Waals surface area contributed by atoms with E-state index in [0.717, 1.165) is 6.04 Å². The van der Waals surface area contributed by atoms with Gasteiger partial charge in [0.05, 0.1) is 18.2 Å². The number of rotatable bonds is 4. The fourth-order valence-electron chi connectivity index (χ4n) is 1.73. The first-order valence-electron chi connectivity index (χ1n) is 7.52. The number of quaternary nitrogens is 1. The van der Waals surface area contributed by atoms with Crippen LogP contribution in [0.4, 0.5) is 0 Å². The van der Waals surface area contributed by atoms with Gasteiger partial charge in [0, 0.05) is 0 Å². The Labute approximate surface area is 138 Å². The molecular formula is C12H31NO8P2. The Kier molecular flexibility index (Phi) is 13.8. The van der Waals surface area contributed by atoms with Crippen molar-refractivity contribution < 1.29 is 43.5 Å². The smallest absolute Gasteiger partial charge is 0.469 e. The summed E-state index contributed by atoms with van der Waals surface area (Å²) in [5, 5.41) is 0. The van der Waals surface area contributed by atoms with Crippen molar-refractivity contribution in [2.24, 2.45) is 0 Å². The Hall–Kier alpha value is 0.180. The molecule has 0 aromatic rings. The van der Waals surface area contributed by atoms with E-state index in [1.807, 2.05) is 0 Å². The normalized spacial score (nSPS) is 18.6. The molecule has 0 aromatic heterocycles. The molecule has 1 fully saturated rings. The van der Waals surface area contributed by atoms with E-state index in [9.17, 15) is 14.0 Å². The third kappa shape index (κ3) is 27.3. The topological polar surface area (TPSA) is 164 Å². The largest absolute Gasteiger partial charge is 0.756 e. The first-order chi connectivity index (χ1) is 10.2. The molecule has 1 saturated carbocycles. The van der Waals surface area contributed by atoms with Gasteiger partial charge in [0.25, 0.3) is 7.82 Å². The molecule has 1 unspecified atom stereocenters. The Morgan fingerprint density at radius 3 is 1.43 bits per heavy atom. The lowest BCUT2D eigenvalue weighted by atomic mass is 9.97. The second-order valence-electron chi connectivity index (χ2n) is 5.77. The molecule has 0 amide bonds. The highest BCUT2D eigenvalue weighted by molar-refractivity contribution is 7.46. The van der Waals surface area contributed by atoms with Crippen LogP contribution < -0.4 is 10.6 Å². The van der Waals surface area contributed by atoms with E-state index >= 15 is 0 Å². The van der Waals surface area contributed by atoms with Crippen molar-refractivity contribution in [1.29, 1.82) is 0 Å². The molecule has 0 spiro atoms. The summed E-state index contributed by atoms with van der Waals surface area (Å²) in [6.45, 7) is 6.14. The SMILES string of the molecule is CC(C)OP(=O)(O)O.CC(C)OP(=O)([O-])O.[NH3+]C1CCCCC1. The van der Waals surface area contributed by atoms with Crippen LogP contribution in [-0.2, 0) is 18.2 Å². The molecule has 142 valence electrons. The molecule has 1 aliphatic rings. The Morgan fingerprint density at radius 2 is 1.35 bits per heavy atom. The van der Waals surface area contributed by atoms with Gasteiger partial charge in [0.15, 0.2) is 0 Å². The molecule has 1 aliphatic carbocycles. The maximum absolute atomic E-state index is 9.91. The third-order valence-electron chi connectivity index (χ3n) is 2.42. The minimum atomic E-state index is -4.47. The van der Waals surface area contributed by atoms with Gasteiger partial charge in [-0.2, -0.15) is 0 Å². The van der Waals surface area contributed by atoms with E-state index in [2.05, 4.69) is 14.8 Å². The Balaban J connectivity index is 0. The van der Waals surface area contributed by atoms with Gasteiger partial charge >= 0.3 is 7.82 Å². The van der Waals surface area contributed by atoms with Crippen LogP contribution in [0.2, 0.25) is 0 Å². The third-order valence-corrected chi connectivity index (χ3v) is 3.80. The van der Waals surface area contributed by atoms with Gasteiger partial charge in [-0.05, 0) is 53.4 Å². The maximum atomic E-state index is 9.91. The zero-order valence-corrected chi connectivity index (χ0v) is 16.0. The quantitative estimate of drug-likeness (QED) is 0.524.